The smallest absolute Gasteiger partial charge is 0.228 e. The maximum atomic E-state index is 13.9. The van der Waals surface area contributed by atoms with Crippen LogP contribution in [0.15, 0.2) is 70.3 Å². The molecular weight excluding hydrogens is 482 g/mol. The Balaban J connectivity index is 2.31. The zero-order chi connectivity index (χ0) is 26.2. The summed E-state index contributed by atoms with van der Waals surface area (Å²) in [4.78, 5) is 7.84. The monoisotopic (exact) mass is 508 g/mol. The minimum absolute atomic E-state index is 0.202. The van der Waals surface area contributed by atoms with Crippen molar-refractivity contribution in [2.45, 2.75) is 11.8 Å². The predicted octanol–water partition coefficient (Wildman–Crippen LogP) is 4.22. The van der Waals surface area contributed by atoms with Crippen LogP contribution in [0.2, 0.25) is 0 Å². The Morgan fingerprint density at radius 3 is 2.43 bits per heavy atom. The fourth-order valence-electron chi connectivity index (χ4n) is 2.79. The molecule has 0 aliphatic carbocycles. The summed E-state index contributed by atoms with van der Waals surface area (Å²) >= 11 is 0. The van der Waals surface area contributed by atoms with Crippen molar-refractivity contribution in [1.82, 2.24) is 9.97 Å². The molecule has 0 bridgehead atoms. The lowest BCUT2D eigenvalue weighted by Crippen LogP contribution is -2.06. The Labute approximate surface area is 202 Å². The minimum atomic E-state index is -4.17. The number of allylic oxidation sites excluding steroid dienone is 2. The molecule has 1 heterocycles. The van der Waals surface area contributed by atoms with Crippen LogP contribution in [0.5, 0.6) is 0 Å². The second kappa shape index (κ2) is 12.0. The molecule has 1 aromatic heterocycles. The van der Waals surface area contributed by atoms with Gasteiger partial charge < -0.3 is 24.8 Å². The summed E-state index contributed by atoms with van der Waals surface area (Å²) in [5.41, 5.74) is 0.904. The van der Waals surface area contributed by atoms with E-state index in [1.165, 1.54) is 33.6 Å². The average molecular weight is 509 g/mol. The minimum Gasteiger partial charge on any atom is -0.493 e. The van der Waals surface area contributed by atoms with Gasteiger partial charge in [0.25, 0.3) is 0 Å². The van der Waals surface area contributed by atoms with Gasteiger partial charge in [0, 0.05) is 42.1 Å². The maximum absolute atomic E-state index is 13.9. The van der Waals surface area contributed by atoms with Gasteiger partial charge in [0.1, 0.15) is 22.3 Å². The maximum Gasteiger partial charge on any atom is 0.228 e. The summed E-state index contributed by atoms with van der Waals surface area (Å²) in [5, 5.41) is 6.63. The van der Waals surface area contributed by atoms with Gasteiger partial charge in [-0.1, -0.05) is 6.58 Å². The molecule has 0 aliphatic rings. The Kier molecular flexibility index (Phi) is 9.34. The molecule has 0 saturated carbocycles. The van der Waals surface area contributed by atoms with Crippen molar-refractivity contribution in [1.29, 1.82) is 0 Å². The highest BCUT2D eigenvalue weighted by Gasteiger charge is 2.17. The van der Waals surface area contributed by atoms with E-state index in [1.54, 1.807) is 20.0 Å². The number of methoxy groups -OCH3 is 3. The average Bonchev–Trinajstić information content (AvgIpc) is 2.82. The predicted molar refractivity (Wildman–Crippen MR) is 129 cm³/mol. The van der Waals surface area contributed by atoms with Crippen LogP contribution in [0.4, 0.5) is 20.5 Å². The van der Waals surface area contributed by atoms with E-state index >= 15 is 0 Å². The number of nitrogens with zero attached hydrogens (tertiary/aromatic N) is 2. The topological polar surface area (TPSA) is 112 Å². The lowest BCUT2D eigenvalue weighted by molar-refractivity contribution is 0.192. The van der Waals surface area contributed by atoms with Gasteiger partial charge in [-0.05, 0) is 25.1 Å². The largest absolute Gasteiger partial charge is 0.493 e. The Morgan fingerprint density at radius 1 is 1.14 bits per heavy atom. The van der Waals surface area contributed by atoms with E-state index in [9.17, 15) is 17.2 Å². The molecule has 12 heteroatoms. The first-order valence-corrected chi connectivity index (χ1v) is 11.5. The van der Waals surface area contributed by atoms with Crippen molar-refractivity contribution in [3.05, 3.63) is 82.6 Å². The van der Waals surface area contributed by atoms with E-state index in [1.807, 2.05) is 0 Å². The first-order valence-electron chi connectivity index (χ1n) is 10.00. The number of ether oxygens (including phenoxy) is 3. The molecule has 2 aromatic rings. The van der Waals surface area contributed by atoms with Gasteiger partial charge in [-0.3, -0.25) is 0 Å². The molecule has 2 rings (SSSR count). The standard InChI is InChI=1S/C23H26F2N4O5S/c1-14(11-19(33-5)21(34-6)15(2)32-4)28-23-27-13-16(22(26-3)29-23)9-10-35(30,31)20-8-7-17(24)12-18(20)25/h7-13H,2H2,1,3-6H3,(H2,26,27,28,29)/b10-9+,14-11+,21-19-. The van der Waals surface area contributed by atoms with E-state index in [0.717, 1.165) is 17.5 Å². The third-order valence-electron chi connectivity index (χ3n) is 4.49. The molecule has 0 aliphatic heterocycles. The third-order valence-corrected chi connectivity index (χ3v) is 5.92. The number of sulfone groups is 1. The van der Waals surface area contributed by atoms with Crippen molar-refractivity contribution in [3.63, 3.8) is 0 Å². The van der Waals surface area contributed by atoms with Crippen LogP contribution in [0.3, 0.4) is 0 Å². The quantitative estimate of drug-likeness (QED) is 0.262. The number of benzene rings is 1. The molecule has 0 spiro atoms. The first-order chi connectivity index (χ1) is 16.6. The highest BCUT2D eigenvalue weighted by Crippen LogP contribution is 2.22. The summed E-state index contributed by atoms with van der Waals surface area (Å²) < 4.78 is 67.6. The highest BCUT2D eigenvalue weighted by atomic mass is 32.2. The molecule has 35 heavy (non-hydrogen) atoms. The summed E-state index contributed by atoms with van der Waals surface area (Å²) in [7, 11) is 1.78. The zero-order valence-electron chi connectivity index (χ0n) is 19.8. The van der Waals surface area contributed by atoms with Crippen molar-refractivity contribution < 1.29 is 31.4 Å². The Bertz CT molecular complexity index is 1290. The van der Waals surface area contributed by atoms with Gasteiger partial charge in [-0.15, -0.1) is 0 Å². The number of anilines is 2. The van der Waals surface area contributed by atoms with E-state index < -0.39 is 26.4 Å². The molecule has 0 fully saturated rings. The van der Waals surface area contributed by atoms with Gasteiger partial charge in [0.2, 0.25) is 21.5 Å². The zero-order valence-corrected chi connectivity index (χ0v) is 20.7. The number of hydrogen-bond donors (Lipinski definition) is 2. The summed E-state index contributed by atoms with van der Waals surface area (Å²) in [6, 6.07) is 2.23. The van der Waals surface area contributed by atoms with Crippen LogP contribution < -0.4 is 10.6 Å². The van der Waals surface area contributed by atoms with Crippen molar-refractivity contribution in [2.24, 2.45) is 0 Å². The summed E-state index contributed by atoms with van der Waals surface area (Å²) in [6.45, 7) is 5.48. The van der Waals surface area contributed by atoms with Crippen molar-refractivity contribution in [2.75, 3.05) is 39.0 Å². The van der Waals surface area contributed by atoms with Gasteiger partial charge in [0.05, 0.1) is 21.3 Å². The van der Waals surface area contributed by atoms with E-state index in [-0.39, 0.29) is 11.7 Å². The SMILES string of the molecule is C=C(OC)/C(OC)=C(\C=C(/C)Nc1ncc(/C=C/S(=O)(=O)c2ccc(F)cc2F)c(NC)n1)OC. The second-order valence-electron chi connectivity index (χ2n) is 6.85. The lowest BCUT2D eigenvalue weighted by atomic mass is 10.3. The molecule has 0 atom stereocenters. The molecular formula is C23H26F2N4O5S. The van der Waals surface area contributed by atoms with Crippen LogP contribution in [-0.2, 0) is 24.0 Å². The second-order valence-corrected chi connectivity index (χ2v) is 8.65. The van der Waals surface area contributed by atoms with E-state index in [0.29, 0.717) is 34.7 Å². The Morgan fingerprint density at radius 2 is 1.86 bits per heavy atom. The van der Waals surface area contributed by atoms with Crippen LogP contribution in [0, 0.1) is 11.6 Å². The van der Waals surface area contributed by atoms with E-state index in [4.69, 9.17) is 14.2 Å². The summed E-state index contributed by atoms with van der Waals surface area (Å²) in [5.74, 6) is -0.644. The number of nitrogens with one attached hydrogen (secondary N) is 2. The van der Waals surface area contributed by atoms with Crippen LogP contribution in [-0.4, -0.2) is 46.8 Å². The molecule has 0 unspecified atom stereocenters. The third kappa shape index (κ3) is 7.03. The molecule has 0 saturated heterocycles. The molecule has 2 N–H and O–H groups in total. The lowest BCUT2D eigenvalue weighted by Gasteiger charge is -2.13. The molecule has 0 radical (unpaired) electrons. The first kappa shape index (κ1) is 27.3. The van der Waals surface area contributed by atoms with Crippen molar-refractivity contribution >= 4 is 27.7 Å². The fraction of sp³-hybridized carbons (Fsp3) is 0.217. The fourth-order valence-corrected chi connectivity index (χ4v) is 3.85. The van der Waals surface area contributed by atoms with Gasteiger partial charge >= 0.3 is 0 Å². The van der Waals surface area contributed by atoms with Crippen LogP contribution in [0.1, 0.15) is 12.5 Å². The van der Waals surface area contributed by atoms with Gasteiger partial charge in [0.15, 0.2) is 11.5 Å². The molecule has 9 nitrogen and oxygen atoms in total. The molecule has 1 aromatic carbocycles. The number of aromatic nitrogens is 2. The van der Waals surface area contributed by atoms with Crippen LogP contribution in [0.25, 0.3) is 6.08 Å². The normalized spacial score (nSPS) is 12.7. The summed E-state index contributed by atoms with van der Waals surface area (Å²) in [6.07, 6.45) is 4.22. The van der Waals surface area contributed by atoms with E-state index in [2.05, 4.69) is 27.2 Å². The van der Waals surface area contributed by atoms with Crippen molar-refractivity contribution in [3.8, 4) is 0 Å². The van der Waals surface area contributed by atoms with Crippen LogP contribution >= 0.6 is 0 Å². The molecule has 0 amide bonds. The molecule has 188 valence electrons. The number of hydrogen-bond acceptors (Lipinski definition) is 9. The number of halogens is 2. The number of rotatable bonds is 11. The van der Waals surface area contributed by atoms with Gasteiger partial charge in [-0.2, -0.15) is 4.98 Å². The highest BCUT2D eigenvalue weighted by molar-refractivity contribution is 7.94. The Hall–Kier alpha value is -3.93. The van der Waals surface area contributed by atoms with Gasteiger partial charge in [-0.25, -0.2) is 22.2 Å².